The second-order valence-electron chi connectivity index (χ2n) is 7.01. The molecule has 0 saturated heterocycles. The van der Waals surface area contributed by atoms with Crippen molar-refractivity contribution in [2.75, 3.05) is 6.54 Å². The highest BCUT2D eigenvalue weighted by molar-refractivity contribution is 6.03. The number of rotatable bonds is 4. The van der Waals surface area contributed by atoms with E-state index in [1.165, 1.54) is 22.4 Å². The van der Waals surface area contributed by atoms with Crippen LogP contribution < -0.4 is 0 Å². The summed E-state index contributed by atoms with van der Waals surface area (Å²) in [6.45, 7) is 3.13. The van der Waals surface area contributed by atoms with E-state index in [9.17, 15) is 0 Å². The van der Waals surface area contributed by atoms with Gasteiger partial charge in [-0.1, -0.05) is 55.8 Å². The summed E-state index contributed by atoms with van der Waals surface area (Å²) in [7, 11) is 0. The summed E-state index contributed by atoms with van der Waals surface area (Å²) >= 11 is 0. The summed E-state index contributed by atoms with van der Waals surface area (Å²) in [5.74, 6) is 0. The van der Waals surface area contributed by atoms with Crippen molar-refractivity contribution >= 4 is 28.6 Å². The maximum Gasteiger partial charge on any atom is 0.0991 e. The molecule has 0 bridgehead atoms. The molecule has 1 heterocycles. The number of nitriles is 1. The molecule has 0 aromatic heterocycles. The van der Waals surface area contributed by atoms with Gasteiger partial charge in [0.2, 0.25) is 0 Å². The van der Waals surface area contributed by atoms with Crippen LogP contribution in [0.5, 0.6) is 0 Å². The molecule has 4 rings (SSSR count). The van der Waals surface area contributed by atoms with Crippen molar-refractivity contribution in [2.24, 2.45) is 4.99 Å². The Kier molecular flexibility index (Phi) is 4.85. The van der Waals surface area contributed by atoms with Gasteiger partial charge >= 0.3 is 0 Å². The normalized spacial score (nSPS) is 13.4. The number of aliphatic imine (C=N–C) groups is 1. The first-order chi connectivity index (χ1) is 13.3. The molecule has 27 heavy (non-hydrogen) atoms. The van der Waals surface area contributed by atoms with E-state index < -0.39 is 0 Å². The molecular formula is C25H22N2. The van der Waals surface area contributed by atoms with E-state index in [4.69, 9.17) is 10.3 Å². The van der Waals surface area contributed by atoms with E-state index in [2.05, 4.69) is 61.5 Å². The lowest BCUT2D eigenvalue weighted by Gasteiger charge is -2.17. The topological polar surface area (TPSA) is 36.1 Å². The summed E-state index contributed by atoms with van der Waals surface area (Å²) in [5, 5.41) is 11.3. The molecule has 0 aliphatic carbocycles. The van der Waals surface area contributed by atoms with Crippen LogP contribution >= 0.6 is 0 Å². The van der Waals surface area contributed by atoms with Gasteiger partial charge in [-0.15, -0.1) is 0 Å². The molecule has 0 atom stereocenters. The quantitative estimate of drug-likeness (QED) is 0.529. The minimum absolute atomic E-state index is 0.699. The lowest BCUT2D eigenvalue weighted by molar-refractivity contribution is 0.905. The Bertz CT molecular complexity index is 1100. The molecule has 2 nitrogen and oxygen atoms in total. The molecule has 0 amide bonds. The summed E-state index contributed by atoms with van der Waals surface area (Å²) in [4.78, 5) is 4.74. The van der Waals surface area contributed by atoms with Crippen LogP contribution in [-0.2, 0) is 6.42 Å². The van der Waals surface area contributed by atoms with Crippen LogP contribution in [0.2, 0.25) is 0 Å². The van der Waals surface area contributed by atoms with Crippen molar-refractivity contribution in [1.29, 1.82) is 5.26 Å². The number of hydrogen-bond acceptors (Lipinski definition) is 2. The Morgan fingerprint density at radius 2 is 1.70 bits per heavy atom. The van der Waals surface area contributed by atoms with Crippen molar-refractivity contribution in [1.82, 2.24) is 0 Å². The Balaban J connectivity index is 1.62. The van der Waals surface area contributed by atoms with Gasteiger partial charge in [0.25, 0.3) is 0 Å². The van der Waals surface area contributed by atoms with Crippen LogP contribution in [0.15, 0.2) is 59.6 Å². The van der Waals surface area contributed by atoms with E-state index in [1.54, 1.807) is 0 Å². The van der Waals surface area contributed by atoms with E-state index >= 15 is 0 Å². The average molecular weight is 350 g/mol. The monoisotopic (exact) mass is 350 g/mol. The molecule has 2 heteroatoms. The summed E-state index contributed by atoms with van der Waals surface area (Å²) in [6, 6.07) is 21.1. The van der Waals surface area contributed by atoms with Gasteiger partial charge in [-0.2, -0.15) is 5.26 Å². The maximum absolute atomic E-state index is 9.03. The van der Waals surface area contributed by atoms with Gasteiger partial charge in [-0.05, 0) is 70.1 Å². The fourth-order valence-electron chi connectivity index (χ4n) is 3.66. The molecule has 0 N–H and O–H groups in total. The van der Waals surface area contributed by atoms with Gasteiger partial charge in [0.15, 0.2) is 0 Å². The zero-order valence-corrected chi connectivity index (χ0v) is 15.6. The van der Waals surface area contributed by atoms with Gasteiger partial charge in [-0.3, -0.25) is 4.99 Å². The SMILES string of the molecule is CCCC1=NCCc2ccc(/C=C/c3ccc4cc(C#N)ccc4c3)cc21. The summed E-state index contributed by atoms with van der Waals surface area (Å²) in [5.41, 5.74) is 7.07. The second kappa shape index (κ2) is 7.60. The van der Waals surface area contributed by atoms with Crippen molar-refractivity contribution in [3.05, 3.63) is 82.4 Å². The highest BCUT2D eigenvalue weighted by Gasteiger charge is 2.13. The van der Waals surface area contributed by atoms with E-state index in [0.717, 1.165) is 42.1 Å². The number of nitrogens with zero attached hydrogens (tertiary/aromatic N) is 2. The molecule has 132 valence electrons. The van der Waals surface area contributed by atoms with Gasteiger partial charge in [-0.25, -0.2) is 0 Å². The van der Waals surface area contributed by atoms with E-state index in [1.807, 2.05) is 18.2 Å². The van der Waals surface area contributed by atoms with E-state index in [0.29, 0.717) is 5.56 Å². The van der Waals surface area contributed by atoms with Gasteiger partial charge in [0.05, 0.1) is 11.6 Å². The van der Waals surface area contributed by atoms with Crippen LogP contribution in [0.1, 0.15) is 47.6 Å². The van der Waals surface area contributed by atoms with Crippen LogP contribution in [-0.4, -0.2) is 12.3 Å². The smallest absolute Gasteiger partial charge is 0.0991 e. The van der Waals surface area contributed by atoms with Crippen LogP contribution in [0.25, 0.3) is 22.9 Å². The first kappa shape index (κ1) is 17.2. The maximum atomic E-state index is 9.03. The Morgan fingerprint density at radius 3 is 2.52 bits per heavy atom. The minimum atomic E-state index is 0.699. The molecular weight excluding hydrogens is 328 g/mol. The number of hydrogen-bond donors (Lipinski definition) is 0. The Labute approximate surface area is 160 Å². The predicted molar refractivity (Wildman–Crippen MR) is 114 cm³/mol. The van der Waals surface area contributed by atoms with Crippen molar-refractivity contribution in [3.63, 3.8) is 0 Å². The van der Waals surface area contributed by atoms with Crippen molar-refractivity contribution in [3.8, 4) is 6.07 Å². The standard InChI is InChI=1S/C25H22N2/c1-2-3-25-24-16-19(6-9-21(24)12-13-27-25)5-4-18-7-10-23-15-20(17-26)8-11-22(23)14-18/h4-11,14-16H,2-3,12-13H2,1H3/b5-4+. The largest absolute Gasteiger partial charge is 0.289 e. The highest BCUT2D eigenvalue weighted by Crippen LogP contribution is 2.23. The summed E-state index contributed by atoms with van der Waals surface area (Å²) < 4.78 is 0. The highest BCUT2D eigenvalue weighted by atomic mass is 14.7. The van der Waals surface area contributed by atoms with Crippen molar-refractivity contribution in [2.45, 2.75) is 26.2 Å². The molecule has 3 aromatic rings. The lowest BCUT2D eigenvalue weighted by atomic mass is 9.93. The van der Waals surface area contributed by atoms with Gasteiger partial charge in [0.1, 0.15) is 0 Å². The Morgan fingerprint density at radius 1 is 0.963 bits per heavy atom. The molecule has 1 aliphatic rings. The Hall–Kier alpha value is -3.18. The fourth-order valence-corrected chi connectivity index (χ4v) is 3.66. The lowest BCUT2D eigenvalue weighted by Crippen LogP contribution is -2.12. The first-order valence-corrected chi connectivity index (χ1v) is 9.55. The molecule has 0 radical (unpaired) electrons. The fraction of sp³-hybridized carbons (Fsp3) is 0.200. The molecule has 3 aromatic carbocycles. The zero-order chi connectivity index (χ0) is 18.6. The van der Waals surface area contributed by atoms with Crippen LogP contribution in [0.3, 0.4) is 0 Å². The molecule has 1 aliphatic heterocycles. The van der Waals surface area contributed by atoms with Gasteiger partial charge in [0, 0.05) is 12.3 Å². The molecule has 0 spiro atoms. The van der Waals surface area contributed by atoms with Crippen molar-refractivity contribution < 1.29 is 0 Å². The second-order valence-corrected chi connectivity index (χ2v) is 7.01. The third kappa shape index (κ3) is 3.68. The number of fused-ring (bicyclic) bond motifs is 2. The van der Waals surface area contributed by atoms with Gasteiger partial charge < -0.3 is 0 Å². The van der Waals surface area contributed by atoms with Crippen LogP contribution in [0.4, 0.5) is 0 Å². The number of benzene rings is 3. The molecule has 0 saturated carbocycles. The minimum Gasteiger partial charge on any atom is -0.289 e. The molecule has 0 unspecified atom stereocenters. The molecule has 0 fully saturated rings. The third-order valence-electron chi connectivity index (χ3n) is 5.08. The average Bonchev–Trinajstić information content (AvgIpc) is 2.72. The third-order valence-corrected chi connectivity index (χ3v) is 5.08. The zero-order valence-electron chi connectivity index (χ0n) is 15.6. The van der Waals surface area contributed by atoms with Crippen LogP contribution in [0, 0.1) is 11.3 Å². The van der Waals surface area contributed by atoms with E-state index in [-0.39, 0.29) is 0 Å². The summed E-state index contributed by atoms with van der Waals surface area (Å²) in [6.07, 6.45) is 7.54. The predicted octanol–water partition coefficient (Wildman–Crippen LogP) is 6.03. The first-order valence-electron chi connectivity index (χ1n) is 9.55.